The Morgan fingerprint density at radius 3 is 2.24 bits per heavy atom. The van der Waals surface area contributed by atoms with Crippen LogP contribution in [0.1, 0.15) is 19.4 Å². The summed E-state index contributed by atoms with van der Waals surface area (Å²) in [7, 11) is 2.81. The van der Waals surface area contributed by atoms with Crippen molar-refractivity contribution < 1.29 is 33.4 Å². The third-order valence-electron chi connectivity index (χ3n) is 6.31. The van der Waals surface area contributed by atoms with Crippen LogP contribution >= 0.6 is 0 Å². The zero-order valence-corrected chi connectivity index (χ0v) is 21.9. The summed E-state index contributed by atoms with van der Waals surface area (Å²) in [5.41, 5.74) is 0.791. The van der Waals surface area contributed by atoms with Crippen molar-refractivity contribution in [3.05, 3.63) is 29.8 Å². The average Bonchev–Trinajstić information content (AvgIpc) is 2.91. The smallest absolute Gasteiger partial charge is 0.328 e. The van der Waals surface area contributed by atoms with E-state index in [2.05, 4.69) is 10.6 Å². The number of amides is 5. The molecule has 0 bridgehead atoms. The molecule has 0 saturated carbocycles. The van der Waals surface area contributed by atoms with Crippen LogP contribution in [0.3, 0.4) is 0 Å². The normalized spacial score (nSPS) is 18.7. The van der Waals surface area contributed by atoms with Crippen LogP contribution in [0.2, 0.25) is 0 Å². The second-order valence-electron chi connectivity index (χ2n) is 9.28. The number of rotatable bonds is 7. The fourth-order valence-corrected chi connectivity index (χ4v) is 4.30. The molecule has 2 heterocycles. The maximum absolute atomic E-state index is 13.6. The molecule has 0 aliphatic carbocycles. The standard InChI is InChI=1S/C25H37N5O7/c1-17(2)26-24(33)29-9-10-30(25(34)28-11-13-37-14-12-28)21(16-29)22(31)27-20(23(32)36-4)15-18-5-7-19(35-3)8-6-18/h5-8,17,20-21H,9-16H2,1-4H3,(H,26,33)(H,27,31)/t20-,21-/m0/s1. The Morgan fingerprint density at radius 2 is 1.65 bits per heavy atom. The third kappa shape index (κ3) is 7.48. The Labute approximate surface area is 217 Å². The number of ether oxygens (including phenoxy) is 3. The maximum Gasteiger partial charge on any atom is 0.328 e. The monoisotopic (exact) mass is 519 g/mol. The van der Waals surface area contributed by atoms with Gasteiger partial charge in [-0.1, -0.05) is 12.1 Å². The van der Waals surface area contributed by atoms with Gasteiger partial charge in [0.1, 0.15) is 17.8 Å². The van der Waals surface area contributed by atoms with E-state index in [1.54, 1.807) is 36.3 Å². The van der Waals surface area contributed by atoms with E-state index in [4.69, 9.17) is 14.2 Å². The molecular formula is C25H37N5O7. The number of morpholine rings is 1. The summed E-state index contributed by atoms with van der Waals surface area (Å²) >= 11 is 0. The van der Waals surface area contributed by atoms with Gasteiger partial charge in [-0.2, -0.15) is 0 Å². The summed E-state index contributed by atoms with van der Waals surface area (Å²) in [6.07, 6.45) is 0.185. The number of piperazine rings is 1. The molecule has 0 spiro atoms. The lowest BCUT2D eigenvalue weighted by atomic mass is 10.0. The van der Waals surface area contributed by atoms with Gasteiger partial charge < -0.3 is 39.5 Å². The van der Waals surface area contributed by atoms with E-state index in [0.29, 0.717) is 32.1 Å². The molecule has 204 valence electrons. The van der Waals surface area contributed by atoms with Gasteiger partial charge in [-0.15, -0.1) is 0 Å². The molecule has 2 N–H and O–H groups in total. The number of nitrogens with one attached hydrogen (secondary N) is 2. The number of nitrogens with zero attached hydrogens (tertiary/aromatic N) is 3. The lowest BCUT2D eigenvalue weighted by Gasteiger charge is -2.43. The Bertz CT molecular complexity index is 949. The molecule has 2 atom stereocenters. The third-order valence-corrected chi connectivity index (χ3v) is 6.31. The fourth-order valence-electron chi connectivity index (χ4n) is 4.30. The van der Waals surface area contributed by atoms with Crippen molar-refractivity contribution in [1.82, 2.24) is 25.3 Å². The van der Waals surface area contributed by atoms with Crippen molar-refractivity contribution in [2.24, 2.45) is 0 Å². The molecule has 5 amide bonds. The molecule has 12 nitrogen and oxygen atoms in total. The first-order valence-corrected chi connectivity index (χ1v) is 12.4. The van der Waals surface area contributed by atoms with Gasteiger partial charge in [0.15, 0.2) is 0 Å². The first kappa shape index (κ1) is 28.0. The minimum Gasteiger partial charge on any atom is -0.497 e. The minimum absolute atomic E-state index is 0.00308. The van der Waals surface area contributed by atoms with Crippen molar-refractivity contribution >= 4 is 23.9 Å². The van der Waals surface area contributed by atoms with Crippen molar-refractivity contribution in [3.63, 3.8) is 0 Å². The second kappa shape index (κ2) is 13.1. The Hall–Kier alpha value is -3.54. The molecule has 0 aromatic heterocycles. The van der Waals surface area contributed by atoms with Crippen LogP contribution in [0.15, 0.2) is 24.3 Å². The number of methoxy groups -OCH3 is 2. The van der Waals surface area contributed by atoms with Crippen molar-refractivity contribution in [2.45, 2.75) is 38.4 Å². The highest BCUT2D eigenvalue weighted by atomic mass is 16.5. The summed E-state index contributed by atoms with van der Waals surface area (Å²) in [6, 6.07) is 4.48. The largest absolute Gasteiger partial charge is 0.497 e. The average molecular weight is 520 g/mol. The van der Waals surface area contributed by atoms with Gasteiger partial charge in [0.2, 0.25) is 5.91 Å². The topological polar surface area (TPSA) is 130 Å². The Kier molecular flexibility index (Phi) is 9.95. The summed E-state index contributed by atoms with van der Waals surface area (Å²) in [6.45, 7) is 5.84. The molecule has 12 heteroatoms. The molecule has 1 aromatic carbocycles. The van der Waals surface area contributed by atoms with E-state index >= 15 is 0 Å². The molecule has 2 fully saturated rings. The number of carbonyl (C=O) groups excluding carboxylic acids is 4. The molecule has 3 rings (SSSR count). The SMILES string of the molecule is COC(=O)[C@H](Cc1ccc(OC)cc1)NC(=O)[C@@H]1CN(C(=O)NC(C)C)CCN1C(=O)N1CCOCC1. The molecule has 37 heavy (non-hydrogen) atoms. The van der Waals surface area contributed by atoms with Crippen LogP contribution in [-0.4, -0.2) is 117 Å². The zero-order valence-electron chi connectivity index (χ0n) is 21.9. The van der Waals surface area contributed by atoms with Gasteiger partial charge in [0, 0.05) is 38.6 Å². The highest BCUT2D eigenvalue weighted by molar-refractivity contribution is 5.91. The minimum atomic E-state index is -0.981. The lowest BCUT2D eigenvalue weighted by Crippen LogP contribution is -2.66. The summed E-state index contributed by atoms with van der Waals surface area (Å²) in [4.78, 5) is 56.8. The van der Waals surface area contributed by atoms with Gasteiger partial charge in [-0.3, -0.25) is 4.79 Å². The van der Waals surface area contributed by atoms with E-state index in [-0.39, 0.29) is 44.2 Å². The van der Waals surface area contributed by atoms with Crippen LogP contribution in [0, 0.1) is 0 Å². The van der Waals surface area contributed by atoms with Crippen molar-refractivity contribution in [3.8, 4) is 5.75 Å². The predicted molar refractivity (Wildman–Crippen MR) is 134 cm³/mol. The van der Waals surface area contributed by atoms with Gasteiger partial charge >= 0.3 is 18.0 Å². The first-order chi connectivity index (χ1) is 17.7. The van der Waals surface area contributed by atoms with Gasteiger partial charge in [0.25, 0.3) is 0 Å². The van der Waals surface area contributed by atoms with Gasteiger partial charge in [-0.05, 0) is 31.5 Å². The fraction of sp³-hybridized carbons (Fsp3) is 0.600. The maximum atomic E-state index is 13.6. The number of carbonyl (C=O) groups is 4. The number of hydrogen-bond acceptors (Lipinski definition) is 7. The molecule has 1 aromatic rings. The van der Waals surface area contributed by atoms with Crippen LogP contribution < -0.4 is 15.4 Å². The zero-order chi connectivity index (χ0) is 26.9. The highest BCUT2D eigenvalue weighted by Crippen LogP contribution is 2.17. The molecule has 0 unspecified atom stereocenters. The van der Waals surface area contributed by atoms with Crippen LogP contribution in [-0.2, 0) is 25.5 Å². The quantitative estimate of drug-likeness (QED) is 0.501. The van der Waals surface area contributed by atoms with E-state index in [9.17, 15) is 19.2 Å². The van der Waals surface area contributed by atoms with Crippen LogP contribution in [0.25, 0.3) is 0 Å². The molecule has 2 aliphatic heterocycles. The molecule has 0 radical (unpaired) electrons. The summed E-state index contributed by atoms with van der Waals surface area (Å²) < 4.78 is 15.5. The van der Waals surface area contributed by atoms with E-state index < -0.39 is 24.0 Å². The number of urea groups is 2. The second-order valence-corrected chi connectivity index (χ2v) is 9.28. The highest BCUT2D eigenvalue weighted by Gasteiger charge is 2.40. The summed E-state index contributed by atoms with van der Waals surface area (Å²) in [5.74, 6) is -0.477. The van der Waals surface area contributed by atoms with E-state index in [1.165, 1.54) is 16.9 Å². The molecule has 2 saturated heterocycles. The number of benzene rings is 1. The number of esters is 1. The predicted octanol–water partition coefficient (Wildman–Crippen LogP) is 0.452. The lowest BCUT2D eigenvalue weighted by molar-refractivity contribution is -0.145. The number of hydrogen-bond donors (Lipinski definition) is 2. The molecule has 2 aliphatic rings. The van der Waals surface area contributed by atoms with Crippen LogP contribution in [0.5, 0.6) is 5.75 Å². The van der Waals surface area contributed by atoms with E-state index in [0.717, 1.165) is 5.56 Å². The van der Waals surface area contributed by atoms with Crippen LogP contribution in [0.4, 0.5) is 9.59 Å². The molecular weight excluding hydrogens is 482 g/mol. The van der Waals surface area contributed by atoms with Crippen molar-refractivity contribution in [1.29, 1.82) is 0 Å². The van der Waals surface area contributed by atoms with Crippen molar-refractivity contribution in [2.75, 3.05) is 60.2 Å². The van der Waals surface area contributed by atoms with Gasteiger partial charge in [0.05, 0.1) is 34.0 Å². The Balaban J connectivity index is 1.79. The Morgan fingerprint density at radius 1 is 0.973 bits per heavy atom. The van der Waals surface area contributed by atoms with Gasteiger partial charge in [-0.25, -0.2) is 14.4 Å². The van der Waals surface area contributed by atoms with E-state index in [1.807, 2.05) is 13.8 Å². The first-order valence-electron chi connectivity index (χ1n) is 12.4. The summed E-state index contributed by atoms with van der Waals surface area (Å²) in [5, 5.41) is 5.59.